The molecule has 0 radical (unpaired) electrons. The Hall–Kier alpha value is -0.610. The van der Waals surface area contributed by atoms with Gasteiger partial charge in [0.15, 0.2) is 0 Å². The zero-order chi connectivity index (χ0) is 11.5. The van der Waals surface area contributed by atoms with Crippen LogP contribution in [0.5, 0.6) is 0 Å². The summed E-state index contributed by atoms with van der Waals surface area (Å²) in [5, 5.41) is 8.68. The molecule has 4 heteroatoms. The zero-order valence-corrected chi connectivity index (χ0v) is 9.89. The fraction of sp³-hybridized carbons (Fsp3) is 0.917. The Morgan fingerprint density at radius 1 is 1.31 bits per heavy atom. The highest BCUT2D eigenvalue weighted by Gasteiger charge is 2.35. The quantitative estimate of drug-likeness (QED) is 0.787. The van der Waals surface area contributed by atoms with E-state index >= 15 is 0 Å². The van der Waals surface area contributed by atoms with Gasteiger partial charge in [0, 0.05) is 26.2 Å². The SMILES string of the molecule is COC1CCC(N2CC(CC(=O)O)C2)CC1. The molecular formula is C12H21NO3. The zero-order valence-electron chi connectivity index (χ0n) is 9.89. The van der Waals surface area contributed by atoms with Gasteiger partial charge in [0.2, 0.25) is 0 Å². The molecule has 2 rings (SSSR count). The van der Waals surface area contributed by atoms with Crippen molar-refractivity contribution < 1.29 is 14.6 Å². The van der Waals surface area contributed by atoms with E-state index in [9.17, 15) is 4.79 Å². The number of methoxy groups -OCH3 is 1. The first kappa shape index (κ1) is 11.9. The average Bonchev–Trinajstić information content (AvgIpc) is 2.23. The number of carboxylic acid groups (broad SMARTS) is 1. The Morgan fingerprint density at radius 2 is 1.94 bits per heavy atom. The van der Waals surface area contributed by atoms with E-state index in [-0.39, 0.29) is 0 Å². The summed E-state index contributed by atoms with van der Waals surface area (Å²) in [6.07, 6.45) is 5.51. The van der Waals surface area contributed by atoms with Crippen molar-refractivity contribution in [2.75, 3.05) is 20.2 Å². The summed E-state index contributed by atoms with van der Waals surface area (Å²) >= 11 is 0. The first-order valence-corrected chi connectivity index (χ1v) is 6.17. The van der Waals surface area contributed by atoms with Crippen LogP contribution < -0.4 is 0 Å². The van der Waals surface area contributed by atoms with Gasteiger partial charge in [-0.05, 0) is 31.6 Å². The number of hydrogen-bond acceptors (Lipinski definition) is 3. The van der Waals surface area contributed by atoms with Gasteiger partial charge in [0.05, 0.1) is 12.5 Å². The lowest BCUT2D eigenvalue weighted by atomic mass is 9.86. The normalized spacial score (nSPS) is 32.3. The molecule has 0 bridgehead atoms. The van der Waals surface area contributed by atoms with Crippen LogP contribution in [-0.2, 0) is 9.53 Å². The number of likely N-dealkylation sites (tertiary alicyclic amines) is 1. The molecule has 1 aliphatic carbocycles. The van der Waals surface area contributed by atoms with Gasteiger partial charge < -0.3 is 9.84 Å². The third kappa shape index (κ3) is 2.74. The minimum absolute atomic E-state index is 0.337. The lowest BCUT2D eigenvalue weighted by Crippen LogP contribution is -2.53. The van der Waals surface area contributed by atoms with Crippen LogP contribution in [0.1, 0.15) is 32.1 Å². The maximum atomic E-state index is 10.5. The molecule has 0 aromatic rings. The molecular weight excluding hydrogens is 206 g/mol. The first-order valence-electron chi connectivity index (χ1n) is 6.17. The molecule has 1 saturated heterocycles. The smallest absolute Gasteiger partial charge is 0.303 e. The molecule has 0 unspecified atom stereocenters. The van der Waals surface area contributed by atoms with Crippen molar-refractivity contribution >= 4 is 5.97 Å². The van der Waals surface area contributed by atoms with Gasteiger partial charge >= 0.3 is 5.97 Å². The number of nitrogens with zero attached hydrogens (tertiary/aromatic N) is 1. The van der Waals surface area contributed by atoms with E-state index in [1.54, 1.807) is 7.11 Å². The number of aliphatic carboxylic acids is 1. The van der Waals surface area contributed by atoms with Gasteiger partial charge in [-0.15, -0.1) is 0 Å². The van der Waals surface area contributed by atoms with Crippen molar-refractivity contribution in [2.45, 2.75) is 44.2 Å². The van der Waals surface area contributed by atoms with Gasteiger partial charge in [-0.25, -0.2) is 0 Å². The van der Waals surface area contributed by atoms with E-state index in [4.69, 9.17) is 9.84 Å². The summed E-state index contributed by atoms with van der Waals surface area (Å²) < 4.78 is 5.35. The second kappa shape index (κ2) is 5.15. The van der Waals surface area contributed by atoms with Crippen LogP contribution in [0.3, 0.4) is 0 Å². The minimum Gasteiger partial charge on any atom is -0.481 e. The molecule has 2 aliphatic rings. The molecule has 0 atom stereocenters. The van der Waals surface area contributed by atoms with E-state index in [0.717, 1.165) is 25.9 Å². The first-order chi connectivity index (χ1) is 7.69. The summed E-state index contributed by atoms with van der Waals surface area (Å²) in [7, 11) is 1.79. The molecule has 1 saturated carbocycles. The predicted molar refractivity (Wildman–Crippen MR) is 60.4 cm³/mol. The second-order valence-corrected chi connectivity index (χ2v) is 5.08. The van der Waals surface area contributed by atoms with Crippen molar-refractivity contribution in [1.29, 1.82) is 0 Å². The molecule has 92 valence electrons. The Kier molecular flexibility index (Phi) is 3.82. The molecule has 1 heterocycles. The summed E-state index contributed by atoms with van der Waals surface area (Å²) in [4.78, 5) is 13.0. The van der Waals surface area contributed by atoms with Crippen LogP contribution >= 0.6 is 0 Å². The van der Waals surface area contributed by atoms with Crippen LogP contribution in [-0.4, -0.2) is 48.3 Å². The van der Waals surface area contributed by atoms with Crippen LogP contribution in [0.15, 0.2) is 0 Å². The fourth-order valence-corrected chi connectivity index (χ4v) is 2.93. The topological polar surface area (TPSA) is 49.8 Å². The van der Waals surface area contributed by atoms with Crippen molar-refractivity contribution in [3.8, 4) is 0 Å². The maximum absolute atomic E-state index is 10.5. The Labute approximate surface area is 96.6 Å². The van der Waals surface area contributed by atoms with Crippen LogP contribution in [0, 0.1) is 5.92 Å². The summed E-state index contributed by atoms with van der Waals surface area (Å²) in [6, 6.07) is 0.677. The molecule has 4 nitrogen and oxygen atoms in total. The standard InChI is InChI=1S/C12H21NO3/c1-16-11-4-2-10(3-5-11)13-7-9(8-13)6-12(14)15/h9-11H,2-8H2,1H3,(H,14,15). The highest BCUT2D eigenvalue weighted by molar-refractivity contribution is 5.67. The molecule has 2 fully saturated rings. The highest BCUT2D eigenvalue weighted by Crippen LogP contribution is 2.30. The van der Waals surface area contributed by atoms with Crippen molar-refractivity contribution in [1.82, 2.24) is 4.90 Å². The monoisotopic (exact) mass is 227 g/mol. The number of carbonyl (C=O) groups is 1. The van der Waals surface area contributed by atoms with Gasteiger partial charge in [-0.1, -0.05) is 0 Å². The van der Waals surface area contributed by atoms with Crippen LogP contribution in [0.25, 0.3) is 0 Å². The number of rotatable bonds is 4. The minimum atomic E-state index is -0.659. The number of carboxylic acids is 1. The van der Waals surface area contributed by atoms with E-state index in [1.807, 2.05) is 0 Å². The average molecular weight is 227 g/mol. The predicted octanol–water partition coefficient (Wildman–Crippen LogP) is 1.35. The van der Waals surface area contributed by atoms with Crippen LogP contribution in [0.4, 0.5) is 0 Å². The highest BCUT2D eigenvalue weighted by atomic mass is 16.5. The Bertz CT molecular complexity index is 243. The van der Waals surface area contributed by atoms with Gasteiger partial charge in [-0.2, -0.15) is 0 Å². The fourth-order valence-electron chi connectivity index (χ4n) is 2.93. The molecule has 0 aromatic carbocycles. The van der Waals surface area contributed by atoms with E-state index in [1.165, 1.54) is 12.8 Å². The van der Waals surface area contributed by atoms with E-state index in [0.29, 0.717) is 24.5 Å². The third-order valence-electron chi connectivity index (χ3n) is 3.94. The molecule has 0 aromatic heterocycles. The molecule has 0 spiro atoms. The van der Waals surface area contributed by atoms with E-state index < -0.39 is 5.97 Å². The molecule has 1 aliphatic heterocycles. The second-order valence-electron chi connectivity index (χ2n) is 5.08. The van der Waals surface area contributed by atoms with Gasteiger partial charge in [-0.3, -0.25) is 9.69 Å². The van der Waals surface area contributed by atoms with Crippen molar-refractivity contribution in [3.63, 3.8) is 0 Å². The van der Waals surface area contributed by atoms with Gasteiger partial charge in [0.1, 0.15) is 0 Å². The Morgan fingerprint density at radius 3 is 2.44 bits per heavy atom. The third-order valence-corrected chi connectivity index (χ3v) is 3.94. The van der Waals surface area contributed by atoms with Crippen molar-refractivity contribution in [2.24, 2.45) is 5.92 Å². The van der Waals surface area contributed by atoms with Gasteiger partial charge in [0.25, 0.3) is 0 Å². The lowest BCUT2D eigenvalue weighted by molar-refractivity contribution is -0.140. The summed E-state index contributed by atoms with van der Waals surface area (Å²) in [6.45, 7) is 1.96. The van der Waals surface area contributed by atoms with E-state index in [2.05, 4.69) is 4.90 Å². The summed E-state index contributed by atoms with van der Waals surface area (Å²) in [5.74, 6) is -0.273. The number of ether oxygens (including phenoxy) is 1. The number of hydrogen-bond donors (Lipinski definition) is 1. The van der Waals surface area contributed by atoms with Crippen molar-refractivity contribution in [3.05, 3.63) is 0 Å². The Balaban J connectivity index is 1.67. The largest absolute Gasteiger partial charge is 0.481 e. The van der Waals surface area contributed by atoms with Crippen LogP contribution in [0.2, 0.25) is 0 Å². The lowest BCUT2D eigenvalue weighted by Gasteiger charge is -2.46. The maximum Gasteiger partial charge on any atom is 0.303 e. The molecule has 1 N–H and O–H groups in total. The summed E-state index contributed by atoms with van der Waals surface area (Å²) in [5.41, 5.74) is 0. The molecule has 0 amide bonds. The molecule has 16 heavy (non-hydrogen) atoms.